The molecule has 3 fully saturated rings. The second kappa shape index (κ2) is 9.54. The third-order valence-corrected chi connectivity index (χ3v) is 9.13. The Kier molecular flexibility index (Phi) is 7.03. The highest BCUT2D eigenvalue weighted by Crippen LogP contribution is 2.64. The normalized spacial score (nSPS) is 38.0. The first kappa shape index (κ1) is 25.1. The largest absolute Gasteiger partial charge is 0.446 e. The van der Waals surface area contributed by atoms with E-state index in [2.05, 4.69) is 35.7 Å². The van der Waals surface area contributed by atoms with Crippen LogP contribution >= 0.6 is 0 Å². The molecule has 4 aliphatic carbocycles. The average Bonchev–Trinajstić information content (AvgIpc) is 3.07. The Hall–Kier alpha value is -2.05. The smallest absolute Gasteiger partial charge is 0.433 e. The molecule has 190 valence electrons. The lowest BCUT2D eigenvalue weighted by Crippen LogP contribution is -2.51. The van der Waals surface area contributed by atoms with Crippen LogP contribution in [-0.4, -0.2) is 36.1 Å². The highest BCUT2D eigenvalue weighted by Gasteiger charge is 2.58. The summed E-state index contributed by atoms with van der Waals surface area (Å²) in [6, 6.07) is 0.117. The Balaban J connectivity index is 1.45. The molecule has 34 heavy (non-hydrogen) atoms. The van der Waals surface area contributed by atoms with Crippen molar-refractivity contribution < 1.29 is 19.2 Å². The third-order valence-electron chi connectivity index (χ3n) is 9.13. The zero-order valence-corrected chi connectivity index (χ0v) is 21.8. The van der Waals surface area contributed by atoms with Crippen LogP contribution in [-0.2, 0) is 9.57 Å². The van der Waals surface area contributed by atoms with Crippen LogP contribution in [0.15, 0.2) is 16.8 Å². The number of alkyl carbamates (subject to hydrolysis) is 1. The minimum Gasteiger partial charge on any atom is -0.446 e. The van der Waals surface area contributed by atoms with E-state index < -0.39 is 6.09 Å². The predicted octanol–water partition coefficient (Wildman–Crippen LogP) is 5.94. The van der Waals surface area contributed by atoms with Crippen molar-refractivity contribution in [2.75, 3.05) is 0 Å². The Morgan fingerprint density at radius 3 is 2.32 bits per heavy atom. The Bertz CT molecular complexity index is 866. The standard InChI is InChI=1S/C27H43N3O4/c1-16(2)28-24(31)33-19-11-13-26(5)18(15-19)7-8-20-21-9-10-23(27(21,6)14-12-22(20)26)30-34-25(32)29-17(3)4/h7,16-17,19-22H,8-15H2,1-6H3,(H,28,31)(H,29,32)/b30-23+/t19-,20-,21?,22?,26-,27-/m0/s1. The number of hydrogen-bond donors (Lipinski definition) is 2. The first-order valence-electron chi connectivity index (χ1n) is 13.2. The maximum absolute atomic E-state index is 12.1. The summed E-state index contributed by atoms with van der Waals surface area (Å²) in [5.74, 6) is 1.86. The van der Waals surface area contributed by atoms with E-state index in [4.69, 9.17) is 9.57 Å². The van der Waals surface area contributed by atoms with Crippen molar-refractivity contribution in [3.05, 3.63) is 11.6 Å². The number of nitrogens with one attached hydrogen (secondary N) is 2. The Morgan fingerprint density at radius 2 is 1.62 bits per heavy atom. The second-order valence-electron chi connectivity index (χ2n) is 12.0. The summed E-state index contributed by atoms with van der Waals surface area (Å²) in [7, 11) is 0. The number of amides is 2. The number of allylic oxidation sites excluding steroid dienone is 1. The Morgan fingerprint density at radius 1 is 0.971 bits per heavy atom. The van der Waals surface area contributed by atoms with E-state index in [1.807, 2.05) is 27.7 Å². The number of rotatable bonds is 4. The lowest BCUT2D eigenvalue weighted by molar-refractivity contribution is -0.0241. The van der Waals surface area contributed by atoms with E-state index in [-0.39, 0.29) is 35.1 Å². The van der Waals surface area contributed by atoms with Crippen molar-refractivity contribution >= 4 is 17.9 Å². The van der Waals surface area contributed by atoms with Crippen molar-refractivity contribution in [1.82, 2.24) is 10.6 Å². The molecule has 2 unspecified atom stereocenters. The van der Waals surface area contributed by atoms with Gasteiger partial charge in [0.25, 0.3) is 0 Å². The molecule has 7 nitrogen and oxygen atoms in total. The zero-order chi connectivity index (χ0) is 24.7. The number of carbonyl (C=O) groups excluding carboxylic acids is 2. The fourth-order valence-electron chi connectivity index (χ4n) is 7.45. The van der Waals surface area contributed by atoms with Crippen LogP contribution in [0.4, 0.5) is 9.59 Å². The molecule has 0 radical (unpaired) electrons. The molecule has 2 N–H and O–H groups in total. The lowest BCUT2D eigenvalue weighted by atomic mass is 9.48. The quantitative estimate of drug-likeness (QED) is 0.300. The molecule has 0 heterocycles. The number of hydrogen-bond acceptors (Lipinski definition) is 5. The molecule has 0 bridgehead atoms. The van der Waals surface area contributed by atoms with E-state index in [1.165, 1.54) is 12.0 Å². The molecule has 4 aliphatic rings. The number of oxime groups is 1. The topological polar surface area (TPSA) is 89.0 Å². The number of ether oxygens (including phenoxy) is 1. The third kappa shape index (κ3) is 4.72. The molecule has 7 heteroatoms. The Labute approximate surface area is 204 Å². The van der Waals surface area contributed by atoms with Crippen LogP contribution < -0.4 is 10.6 Å². The molecular weight excluding hydrogens is 430 g/mol. The van der Waals surface area contributed by atoms with Gasteiger partial charge in [-0.3, -0.25) is 4.84 Å². The lowest BCUT2D eigenvalue weighted by Gasteiger charge is -2.57. The monoisotopic (exact) mass is 473 g/mol. The summed E-state index contributed by atoms with van der Waals surface area (Å²) < 4.78 is 5.75. The van der Waals surface area contributed by atoms with Crippen molar-refractivity contribution in [3.63, 3.8) is 0 Å². The molecule has 4 rings (SSSR count). The van der Waals surface area contributed by atoms with Gasteiger partial charge >= 0.3 is 12.2 Å². The van der Waals surface area contributed by atoms with Gasteiger partial charge in [-0.15, -0.1) is 0 Å². The van der Waals surface area contributed by atoms with Gasteiger partial charge in [-0.1, -0.05) is 30.7 Å². The number of carbonyl (C=O) groups is 2. The molecule has 0 aromatic rings. The summed E-state index contributed by atoms with van der Waals surface area (Å²) in [4.78, 5) is 29.3. The maximum atomic E-state index is 12.1. The van der Waals surface area contributed by atoms with Gasteiger partial charge in [0.05, 0.1) is 5.71 Å². The van der Waals surface area contributed by atoms with Crippen molar-refractivity contribution in [1.29, 1.82) is 0 Å². The highest BCUT2D eigenvalue weighted by molar-refractivity contribution is 5.92. The van der Waals surface area contributed by atoms with Gasteiger partial charge in [-0.2, -0.15) is 0 Å². The van der Waals surface area contributed by atoms with Gasteiger partial charge in [0.15, 0.2) is 0 Å². The zero-order valence-electron chi connectivity index (χ0n) is 21.8. The van der Waals surface area contributed by atoms with E-state index in [0.717, 1.165) is 50.7 Å². The van der Waals surface area contributed by atoms with Gasteiger partial charge < -0.3 is 15.4 Å². The molecule has 0 aliphatic heterocycles. The summed E-state index contributed by atoms with van der Waals surface area (Å²) in [6.07, 6.45) is 9.90. The van der Waals surface area contributed by atoms with E-state index in [0.29, 0.717) is 17.8 Å². The van der Waals surface area contributed by atoms with Crippen LogP contribution in [0.1, 0.15) is 92.9 Å². The summed E-state index contributed by atoms with van der Waals surface area (Å²) >= 11 is 0. The van der Waals surface area contributed by atoms with E-state index in [9.17, 15) is 9.59 Å². The van der Waals surface area contributed by atoms with Gasteiger partial charge in [-0.25, -0.2) is 9.59 Å². The molecule has 0 aromatic carbocycles. The minimum atomic E-state index is -0.470. The second-order valence-corrected chi connectivity index (χ2v) is 12.0. The van der Waals surface area contributed by atoms with Gasteiger partial charge in [-0.05, 0) is 95.8 Å². The molecule has 0 saturated heterocycles. The first-order chi connectivity index (χ1) is 16.0. The van der Waals surface area contributed by atoms with Crippen LogP contribution in [0.5, 0.6) is 0 Å². The van der Waals surface area contributed by atoms with Gasteiger partial charge in [0.1, 0.15) is 6.10 Å². The van der Waals surface area contributed by atoms with Crippen molar-refractivity contribution in [2.24, 2.45) is 33.7 Å². The van der Waals surface area contributed by atoms with Crippen LogP contribution in [0.2, 0.25) is 0 Å². The molecular formula is C27H43N3O4. The number of nitrogens with zero attached hydrogens (tertiary/aromatic N) is 1. The van der Waals surface area contributed by atoms with Gasteiger partial charge in [0.2, 0.25) is 0 Å². The molecule has 0 spiro atoms. The van der Waals surface area contributed by atoms with Crippen LogP contribution in [0, 0.1) is 28.6 Å². The predicted molar refractivity (Wildman–Crippen MR) is 132 cm³/mol. The van der Waals surface area contributed by atoms with Crippen LogP contribution in [0.3, 0.4) is 0 Å². The summed E-state index contributed by atoms with van der Waals surface area (Å²) in [5, 5.41) is 9.96. The summed E-state index contributed by atoms with van der Waals surface area (Å²) in [5.41, 5.74) is 2.75. The first-order valence-corrected chi connectivity index (χ1v) is 13.2. The van der Waals surface area contributed by atoms with Crippen molar-refractivity contribution in [2.45, 2.75) is 111 Å². The average molecular weight is 474 g/mol. The fraction of sp³-hybridized carbons (Fsp3) is 0.815. The molecule has 0 aromatic heterocycles. The SMILES string of the molecule is CC(C)NC(=O)O/N=C1\CCC2[C@@H]3CC=C4C[C@@H](OC(=O)NC(C)C)CC[C@]4(C)C3CC[C@]12C. The fourth-order valence-corrected chi connectivity index (χ4v) is 7.45. The molecule has 6 atom stereocenters. The summed E-state index contributed by atoms with van der Waals surface area (Å²) in [6.45, 7) is 12.5. The maximum Gasteiger partial charge on any atom is 0.433 e. The van der Waals surface area contributed by atoms with Gasteiger partial charge in [0, 0.05) is 23.9 Å². The molecule has 2 amide bonds. The highest BCUT2D eigenvalue weighted by atomic mass is 16.7. The van der Waals surface area contributed by atoms with E-state index in [1.54, 1.807) is 0 Å². The number of fused-ring (bicyclic) bond motifs is 5. The molecule has 3 saturated carbocycles. The minimum absolute atomic E-state index is 0.0101. The van der Waals surface area contributed by atoms with Crippen LogP contribution in [0.25, 0.3) is 0 Å². The van der Waals surface area contributed by atoms with E-state index >= 15 is 0 Å². The van der Waals surface area contributed by atoms with Crippen molar-refractivity contribution in [3.8, 4) is 0 Å².